The lowest BCUT2D eigenvalue weighted by Crippen LogP contribution is -2.42. The molecule has 0 unspecified atom stereocenters. The molecule has 0 heterocycles. The first-order valence-electron chi connectivity index (χ1n) is 5.70. The van der Waals surface area contributed by atoms with E-state index in [1.54, 1.807) is 7.05 Å². The lowest BCUT2D eigenvalue weighted by Gasteiger charge is -2.19. The molecule has 0 aromatic carbocycles. The second kappa shape index (κ2) is 5.70. The molecule has 0 aromatic heterocycles. The Morgan fingerprint density at radius 1 is 1.39 bits per heavy atom. The van der Waals surface area contributed by atoms with Gasteiger partial charge in [-0.2, -0.15) is 0 Å². The normalized spacial score (nSPS) is 15.7. The Bertz CT molecular complexity index is 351. The summed E-state index contributed by atoms with van der Waals surface area (Å²) in [6.07, 6.45) is 1.30. The topological polar surface area (TPSA) is 95.9 Å². The molecule has 0 aromatic rings. The van der Waals surface area contributed by atoms with E-state index in [4.69, 9.17) is 5.11 Å². The standard InChI is InChI=1S/C11H18N2O5/c1-13(6-3-8(14)18-2)10(17)12-7-11(4-5-11)9(15)16/h3-7H2,1-2H3,(H,12,17)(H,15,16). The van der Waals surface area contributed by atoms with Crippen molar-refractivity contribution in [3.8, 4) is 0 Å². The van der Waals surface area contributed by atoms with Gasteiger partial charge in [0, 0.05) is 20.1 Å². The highest BCUT2D eigenvalue weighted by Crippen LogP contribution is 2.45. The quantitative estimate of drug-likeness (QED) is 0.656. The number of hydrogen-bond acceptors (Lipinski definition) is 4. The predicted molar refractivity (Wildman–Crippen MR) is 62.0 cm³/mol. The molecule has 1 fully saturated rings. The van der Waals surface area contributed by atoms with E-state index in [-0.39, 0.29) is 31.5 Å². The van der Waals surface area contributed by atoms with Gasteiger partial charge in [-0.1, -0.05) is 0 Å². The third-order valence-electron chi connectivity index (χ3n) is 3.11. The molecule has 0 atom stereocenters. The molecule has 2 amide bonds. The van der Waals surface area contributed by atoms with Gasteiger partial charge in [-0.15, -0.1) is 0 Å². The molecule has 18 heavy (non-hydrogen) atoms. The number of carboxylic acids is 1. The number of carbonyl (C=O) groups is 3. The fraction of sp³-hybridized carbons (Fsp3) is 0.727. The zero-order chi connectivity index (χ0) is 13.8. The first kappa shape index (κ1) is 14.3. The van der Waals surface area contributed by atoms with Crippen LogP contribution in [0.3, 0.4) is 0 Å². The van der Waals surface area contributed by atoms with Crippen LogP contribution in [0.15, 0.2) is 0 Å². The smallest absolute Gasteiger partial charge is 0.317 e. The largest absolute Gasteiger partial charge is 0.481 e. The van der Waals surface area contributed by atoms with Gasteiger partial charge in [-0.05, 0) is 12.8 Å². The zero-order valence-corrected chi connectivity index (χ0v) is 10.6. The number of amides is 2. The predicted octanol–water partition coefficient (Wildman–Crippen LogP) is 0.0557. The number of hydrogen-bond donors (Lipinski definition) is 2. The number of carboxylic acid groups (broad SMARTS) is 1. The van der Waals surface area contributed by atoms with E-state index in [0.29, 0.717) is 12.8 Å². The highest BCUT2D eigenvalue weighted by molar-refractivity contribution is 5.80. The molecule has 7 heteroatoms. The maximum atomic E-state index is 11.6. The lowest BCUT2D eigenvalue weighted by molar-refractivity contribution is -0.143. The third-order valence-corrected chi connectivity index (χ3v) is 3.11. The fourth-order valence-electron chi connectivity index (χ4n) is 1.46. The SMILES string of the molecule is COC(=O)CCN(C)C(=O)NCC1(C(=O)O)CC1. The molecule has 1 aliphatic carbocycles. The molecule has 1 aliphatic rings. The van der Waals surface area contributed by atoms with Gasteiger partial charge in [0.05, 0.1) is 18.9 Å². The molecule has 2 N–H and O–H groups in total. The van der Waals surface area contributed by atoms with E-state index in [1.807, 2.05) is 0 Å². The summed E-state index contributed by atoms with van der Waals surface area (Å²) < 4.78 is 4.46. The van der Waals surface area contributed by atoms with E-state index in [0.717, 1.165) is 0 Å². The van der Waals surface area contributed by atoms with Crippen LogP contribution in [0, 0.1) is 5.41 Å². The highest BCUT2D eigenvalue weighted by atomic mass is 16.5. The molecule has 0 bridgehead atoms. The van der Waals surface area contributed by atoms with Crippen molar-refractivity contribution in [2.45, 2.75) is 19.3 Å². The monoisotopic (exact) mass is 258 g/mol. The fourth-order valence-corrected chi connectivity index (χ4v) is 1.46. The molecule has 1 rings (SSSR count). The van der Waals surface area contributed by atoms with Crippen molar-refractivity contribution in [1.29, 1.82) is 0 Å². The minimum atomic E-state index is -0.875. The number of ether oxygens (including phenoxy) is 1. The van der Waals surface area contributed by atoms with Gasteiger partial charge in [0.1, 0.15) is 0 Å². The second-order valence-corrected chi connectivity index (χ2v) is 4.49. The van der Waals surface area contributed by atoms with E-state index in [9.17, 15) is 14.4 Å². The molecule has 0 spiro atoms. The number of nitrogens with zero attached hydrogens (tertiary/aromatic N) is 1. The second-order valence-electron chi connectivity index (χ2n) is 4.49. The number of nitrogens with one attached hydrogen (secondary N) is 1. The number of urea groups is 1. The summed E-state index contributed by atoms with van der Waals surface area (Å²) in [5.74, 6) is -1.26. The van der Waals surface area contributed by atoms with Gasteiger partial charge in [0.2, 0.25) is 0 Å². The Morgan fingerprint density at radius 2 is 2.00 bits per heavy atom. The number of aliphatic carboxylic acids is 1. The maximum Gasteiger partial charge on any atom is 0.317 e. The van der Waals surface area contributed by atoms with Gasteiger partial charge in [0.15, 0.2) is 0 Å². The molecular formula is C11H18N2O5. The molecule has 102 valence electrons. The Kier molecular flexibility index (Phi) is 4.52. The highest BCUT2D eigenvalue weighted by Gasteiger charge is 2.50. The Balaban J connectivity index is 2.28. The number of esters is 1. The molecule has 0 saturated heterocycles. The summed E-state index contributed by atoms with van der Waals surface area (Å²) >= 11 is 0. The van der Waals surface area contributed by atoms with E-state index in [2.05, 4.69) is 10.1 Å². The van der Waals surface area contributed by atoms with Crippen molar-refractivity contribution >= 4 is 18.0 Å². The van der Waals surface area contributed by atoms with Crippen LogP contribution in [-0.2, 0) is 14.3 Å². The van der Waals surface area contributed by atoms with E-state index >= 15 is 0 Å². The Labute approximate surface area is 105 Å². The average Bonchev–Trinajstić information content (AvgIpc) is 3.13. The van der Waals surface area contributed by atoms with Crippen LogP contribution in [0.5, 0.6) is 0 Å². The van der Waals surface area contributed by atoms with Gasteiger partial charge in [-0.25, -0.2) is 4.79 Å². The summed E-state index contributed by atoms with van der Waals surface area (Å²) in [6, 6.07) is -0.383. The number of rotatable bonds is 6. The van der Waals surface area contributed by atoms with Gasteiger partial charge >= 0.3 is 18.0 Å². The lowest BCUT2D eigenvalue weighted by atomic mass is 10.1. The summed E-state index contributed by atoms with van der Waals surface area (Å²) in [7, 11) is 2.82. The van der Waals surface area contributed by atoms with Crippen molar-refractivity contribution < 1.29 is 24.2 Å². The number of carbonyl (C=O) groups excluding carboxylic acids is 2. The summed E-state index contributed by atoms with van der Waals surface area (Å²) in [6.45, 7) is 0.363. The van der Waals surface area contributed by atoms with Crippen LogP contribution < -0.4 is 5.32 Å². The van der Waals surface area contributed by atoms with Crippen molar-refractivity contribution in [1.82, 2.24) is 10.2 Å². The van der Waals surface area contributed by atoms with Crippen LogP contribution in [0.1, 0.15) is 19.3 Å². The van der Waals surface area contributed by atoms with Crippen molar-refractivity contribution in [3.63, 3.8) is 0 Å². The van der Waals surface area contributed by atoms with E-state index < -0.39 is 11.4 Å². The Hall–Kier alpha value is -1.79. The average molecular weight is 258 g/mol. The van der Waals surface area contributed by atoms with Crippen LogP contribution in [0.4, 0.5) is 4.79 Å². The van der Waals surface area contributed by atoms with E-state index in [1.165, 1.54) is 12.0 Å². The first-order chi connectivity index (χ1) is 8.41. The van der Waals surface area contributed by atoms with Crippen molar-refractivity contribution in [2.75, 3.05) is 27.2 Å². The van der Waals surface area contributed by atoms with Gasteiger partial charge < -0.3 is 20.1 Å². The number of methoxy groups -OCH3 is 1. The molecule has 7 nitrogen and oxygen atoms in total. The molecule has 0 radical (unpaired) electrons. The summed E-state index contributed by atoms with van der Waals surface area (Å²) in [4.78, 5) is 34.7. The van der Waals surface area contributed by atoms with Crippen LogP contribution in [0.25, 0.3) is 0 Å². The molecule has 0 aliphatic heterocycles. The van der Waals surface area contributed by atoms with Crippen molar-refractivity contribution in [3.05, 3.63) is 0 Å². The zero-order valence-electron chi connectivity index (χ0n) is 10.6. The van der Waals surface area contributed by atoms with Crippen LogP contribution in [0.2, 0.25) is 0 Å². The van der Waals surface area contributed by atoms with Gasteiger partial charge in [-0.3, -0.25) is 9.59 Å². The molecule has 1 saturated carbocycles. The third kappa shape index (κ3) is 3.61. The Morgan fingerprint density at radius 3 is 2.44 bits per heavy atom. The molecular weight excluding hydrogens is 240 g/mol. The van der Waals surface area contributed by atoms with Crippen molar-refractivity contribution in [2.24, 2.45) is 5.41 Å². The first-order valence-corrected chi connectivity index (χ1v) is 5.70. The maximum absolute atomic E-state index is 11.6. The minimum Gasteiger partial charge on any atom is -0.481 e. The summed E-state index contributed by atoms with van der Waals surface area (Å²) in [5.41, 5.74) is -0.779. The van der Waals surface area contributed by atoms with Crippen LogP contribution >= 0.6 is 0 Å². The minimum absolute atomic E-state index is 0.116. The van der Waals surface area contributed by atoms with Crippen LogP contribution in [-0.4, -0.2) is 55.2 Å². The van der Waals surface area contributed by atoms with Gasteiger partial charge in [0.25, 0.3) is 0 Å². The summed E-state index contributed by atoms with van der Waals surface area (Å²) in [5, 5.41) is 11.5.